The number of likely N-dealkylation sites (N-methyl/N-ethyl adjacent to an activating group) is 1. The predicted octanol–water partition coefficient (Wildman–Crippen LogP) is 1.03. The molecule has 10 heteroatoms. The number of non-ortho nitro benzene ring substituents is 1. The molecule has 1 aliphatic rings. The van der Waals surface area contributed by atoms with Crippen molar-refractivity contribution in [1.82, 2.24) is 14.9 Å². The highest BCUT2D eigenvalue weighted by Gasteiger charge is 2.33. The lowest BCUT2D eigenvalue weighted by Crippen LogP contribution is -2.45. The molecule has 0 radical (unpaired) electrons. The van der Waals surface area contributed by atoms with Crippen LogP contribution in [-0.2, 0) is 14.8 Å². The van der Waals surface area contributed by atoms with E-state index in [-0.39, 0.29) is 41.5 Å². The molecule has 2 N–H and O–H groups in total. The number of rotatable bonds is 7. The second-order valence-electron chi connectivity index (χ2n) is 6.82. The molecule has 1 aromatic carbocycles. The third-order valence-corrected chi connectivity index (χ3v) is 6.94. The molecule has 1 heterocycles. The number of benzene rings is 1. The molecule has 150 valence electrons. The van der Waals surface area contributed by atoms with E-state index in [9.17, 15) is 23.3 Å². The quantitative estimate of drug-likeness (QED) is 0.523. The van der Waals surface area contributed by atoms with Crippen LogP contribution in [0, 0.1) is 23.0 Å². The predicted molar refractivity (Wildman–Crippen MR) is 101 cm³/mol. The second kappa shape index (κ2) is 8.77. The molecule has 1 amide bonds. The summed E-state index contributed by atoms with van der Waals surface area (Å²) in [4.78, 5) is 22.5. The zero-order chi connectivity index (χ0) is 20.2. The van der Waals surface area contributed by atoms with Gasteiger partial charge in [0.15, 0.2) is 0 Å². The standard InChI is InChI=1S/C17H26N4O5S/c1-12-4-5-15(21(23)24)10-16(12)27(25,26)20-8-6-14(7-9-20)17(22)19-11-13(2)18-3/h4-5,10,13-14,18H,6-9,11H2,1-3H3,(H,19,22). The minimum atomic E-state index is -3.84. The van der Waals surface area contributed by atoms with E-state index in [0.717, 1.165) is 6.07 Å². The molecule has 0 saturated carbocycles. The highest BCUT2D eigenvalue weighted by Crippen LogP contribution is 2.28. The van der Waals surface area contributed by atoms with Crippen molar-refractivity contribution in [3.63, 3.8) is 0 Å². The number of aryl methyl sites for hydroxylation is 1. The summed E-state index contributed by atoms with van der Waals surface area (Å²) in [6.07, 6.45) is 0.847. The molecule has 2 rings (SSSR count). The average molecular weight is 398 g/mol. The van der Waals surface area contributed by atoms with Crippen molar-refractivity contribution in [2.75, 3.05) is 26.7 Å². The van der Waals surface area contributed by atoms with Gasteiger partial charge in [-0.3, -0.25) is 14.9 Å². The number of hydrogen-bond acceptors (Lipinski definition) is 6. The molecule has 0 bridgehead atoms. The van der Waals surface area contributed by atoms with Crippen molar-refractivity contribution in [1.29, 1.82) is 0 Å². The Balaban J connectivity index is 2.06. The number of amides is 1. The first-order valence-corrected chi connectivity index (χ1v) is 10.3. The number of nitrogens with zero attached hydrogens (tertiary/aromatic N) is 2. The molecule has 0 spiro atoms. The molecule has 1 aliphatic heterocycles. The topological polar surface area (TPSA) is 122 Å². The Morgan fingerprint density at radius 3 is 2.56 bits per heavy atom. The normalized spacial score (nSPS) is 17.4. The van der Waals surface area contributed by atoms with E-state index in [2.05, 4.69) is 10.6 Å². The van der Waals surface area contributed by atoms with Crippen molar-refractivity contribution in [2.45, 2.75) is 37.6 Å². The van der Waals surface area contributed by atoms with Gasteiger partial charge in [0.1, 0.15) is 0 Å². The Labute approximate surface area is 159 Å². The SMILES string of the molecule is CNC(C)CNC(=O)C1CCN(S(=O)(=O)c2cc([N+](=O)[O-])ccc2C)CC1. The van der Waals surface area contributed by atoms with Crippen molar-refractivity contribution in [2.24, 2.45) is 5.92 Å². The van der Waals surface area contributed by atoms with Gasteiger partial charge in [0.05, 0.1) is 9.82 Å². The van der Waals surface area contributed by atoms with Gasteiger partial charge in [-0.1, -0.05) is 6.07 Å². The van der Waals surface area contributed by atoms with E-state index in [4.69, 9.17) is 0 Å². The number of hydrogen-bond donors (Lipinski definition) is 2. The lowest BCUT2D eigenvalue weighted by molar-refractivity contribution is -0.385. The summed E-state index contributed by atoms with van der Waals surface area (Å²) in [5.74, 6) is -0.299. The molecule has 27 heavy (non-hydrogen) atoms. The summed E-state index contributed by atoms with van der Waals surface area (Å²) in [6, 6.07) is 3.99. The number of nitrogens with one attached hydrogen (secondary N) is 2. The van der Waals surface area contributed by atoms with Gasteiger partial charge in [-0.15, -0.1) is 0 Å². The minimum Gasteiger partial charge on any atom is -0.354 e. The van der Waals surface area contributed by atoms with Crippen LogP contribution in [0.1, 0.15) is 25.3 Å². The van der Waals surface area contributed by atoms with Crippen molar-refractivity contribution in [3.8, 4) is 0 Å². The number of carbonyl (C=O) groups excluding carboxylic acids is 1. The Morgan fingerprint density at radius 2 is 2.00 bits per heavy atom. The van der Waals surface area contributed by atoms with E-state index in [1.807, 2.05) is 14.0 Å². The molecular weight excluding hydrogens is 372 g/mol. The van der Waals surface area contributed by atoms with Crippen LogP contribution in [0.15, 0.2) is 23.1 Å². The maximum atomic E-state index is 12.9. The Hall–Kier alpha value is -2.04. The van der Waals surface area contributed by atoms with Crippen LogP contribution in [-0.4, -0.2) is 56.3 Å². The number of nitro benzene ring substituents is 1. The molecule has 9 nitrogen and oxygen atoms in total. The number of carbonyl (C=O) groups is 1. The van der Waals surface area contributed by atoms with Gasteiger partial charge in [-0.05, 0) is 39.3 Å². The third kappa shape index (κ3) is 5.02. The lowest BCUT2D eigenvalue weighted by atomic mass is 9.97. The number of nitro groups is 1. The molecule has 1 aromatic rings. The van der Waals surface area contributed by atoms with Gasteiger partial charge in [0.25, 0.3) is 5.69 Å². The van der Waals surface area contributed by atoms with Crippen molar-refractivity contribution < 1.29 is 18.1 Å². The van der Waals surface area contributed by atoms with Crippen LogP contribution in [0.4, 0.5) is 5.69 Å². The van der Waals surface area contributed by atoms with Gasteiger partial charge < -0.3 is 10.6 Å². The fraction of sp³-hybridized carbons (Fsp3) is 0.588. The summed E-state index contributed by atoms with van der Waals surface area (Å²) < 4.78 is 27.1. The molecular formula is C17H26N4O5S. The molecule has 1 saturated heterocycles. The molecule has 0 aliphatic carbocycles. The first-order chi connectivity index (χ1) is 12.7. The maximum absolute atomic E-state index is 12.9. The Kier molecular flexibility index (Phi) is 6.90. The fourth-order valence-electron chi connectivity index (χ4n) is 2.98. The first kappa shape index (κ1) is 21.3. The second-order valence-corrected chi connectivity index (χ2v) is 8.73. The number of sulfonamides is 1. The van der Waals surface area contributed by atoms with Crippen molar-refractivity contribution in [3.05, 3.63) is 33.9 Å². The van der Waals surface area contributed by atoms with Crippen LogP contribution < -0.4 is 10.6 Å². The monoisotopic (exact) mass is 398 g/mol. The minimum absolute atomic E-state index is 0.0533. The first-order valence-electron chi connectivity index (χ1n) is 8.87. The highest BCUT2D eigenvalue weighted by molar-refractivity contribution is 7.89. The zero-order valence-corrected chi connectivity index (χ0v) is 16.6. The summed E-state index contributed by atoms with van der Waals surface area (Å²) >= 11 is 0. The van der Waals surface area contributed by atoms with Gasteiger partial charge in [0, 0.05) is 43.7 Å². The van der Waals surface area contributed by atoms with Crippen LogP contribution in [0.3, 0.4) is 0 Å². The van der Waals surface area contributed by atoms with Crippen LogP contribution >= 0.6 is 0 Å². The van der Waals surface area contributed by atoms with E-state index in [1.165, 1.54) is 16.4 Å². The van der Waals surface area contributed by atoms with Crippen LogP contribution in [0.2, 0.25) is 0 Å². The van der Waals surface area contributed by atoms with Gasteiger partial charge in [0.2, 0.25) is 15.9 Å². The average Bonchev–Trinajstić information content (AvgIpc) is 2.65. The highest BCUT2D eigenvalue weighted by atomic mass is 32.2. The van der Waals surface area contributed by atoms with E-state index < -0.39 is 14.9 Å². The lowest BCUT2D eigenvalue weighted by Gasteiger charge is -2.31. The fourth-order valence-corrected chi connectivity index (χ4v) is 4.69. The van der Waals surface area contributed by atoms with Gasteiger partial charge in [-0.25, -0.2) is 8.42 Å². The van der Waals surface area contributed by atoms with Crippen LogP contribution in [0.25, 0.3) is 0 Å². The van der Waals surface area contributed by atoms with Gasteiger partial charge in [-0.2, -0.15) is 4.31 Å². The third-order valence-electron chi connectivity index (χ3n) is 4.90. The summed E-state index contributed by atoms with van der Waals surface area (Å²) in [6.45, 7) is 4.51. The van der Waals surface area contributed by atoms with E-state index in [1.54, 1.807) is 6.92 Å². The number of piperidine rings is 1. The summed E-state index contributed by atoms with van der Waals surface area (Å²) in [5.41, 5.74) is 0.202. The maximum Gasteiger partial charge on any atom is 0.270 e. The van der Waals surface area contributed by atoms with Crippen LogP contribution in [0.5, 0.6) is 0 Å². The molecule has 1 fully saturated rings. The Morgan fingerprint density at radius 1 is 1.37 bits per heavy atom. The molecule has 0 aromatic heterocycles. The molecule has 1 atom stereocenters. The van der Waals surface area contributed by atoms with Crippen molar-refractivity contribution >= 4 is 21.6 Å². The smallest absolute Gasteiger partial charge is 0.270 e. The summed E-state index contributed by atoms with van der Waals surface area (Å²) in [7, 11) is -2.02. The largest absolute Gasteiger partial charge is 0.354 e. The Bertz CT molecular complexity index is 804. The van der Waals surface area contributed by atoms with Gasteiger partial charge >= 0.3 is 0 Å². The molecule has 1 unspecified atom stereocenters. The zero-order valence-electron chi connectivity index (χ0n) is 15.8. The van der Waals surface area contributed by atoms with E-state index in [0.29, 0.717) is 24.9 Å². The summed E-state index contributed by atoms with van der Waals surface area (Å²) in [5, 5.41) is 16.9. The van der Waals surface area contributed by atoms with E-state index >= 15 is 0 Å².